The summed E-state index contributed by atoms with van der Waals surface area (Å²) in [4.78, 5) is 33.5. The van der Waals surface area contributed by atoms with E-state index < -0.39 is 0 Å². The predicted octanol–water partition coefficient (Wildman–Crippen LogP) is 4.77. The van der Waals surface area contributed by atoms with Crippen molar-refractivity contribution >= 4 is 23.5 Å². The van der Waals surface area contributed by atoms with E-state index in [-0.39, 0.29) is 24.5 Å². The number of carbonyl (C=O) groups excluding carboxylic acids is 2. The van der Waals surface area contributed by atoms with Gasteiger partial charge in [0.05, 0.1) is 12.3 Å². The standard InChI is InChI=1S/C29H44N4O4/c1-20-9-7-10-21(2)28(20)37-27(35)19-33-18-22-17-24(14-15-25(22)31-29(33)30)36-16-8-13-26(34)32(3)23-11-5-4-6-12-23/h14-15,17,20-21,23,28H,4-13,16,18-19H2,1-3H3,(H2,30,31). The highest BCUT2D eigenvalue weighted by atomic mass is 16.5. The molecule has 1 aromatic carbocycles. The van der Waals surface area contributed by atoms with E-state index >= 15 is 0 Å². The molecule has 0 aromatic heterocycles. The van der Waals surface area contributed by atoms with Crippen molar-refractivity contribution in [3.8, 4) is 5.75 Å². The van der Waals surface area contributed by atoms with E-state index in [9.17, 15) is 9.59 Å². The van der Waals surface area contributed by atoms with Crippen LogP contribution in [0.5, 0.6) is 5.75 Å². The number of nitrogens with zero attached hydrogens (tertiary/aromatic N) is 3. The summed E-state index contributed by atoms with van der Waals surface area (Å²) in [7, 11) is 1.94. The van der Waals surface area contributed by atoms with Crippen LogP contribution in [0.25, 0.3) is 0 Å². The normalized spacial score (nSPS) is 24.1. The molecule has 8 nitrogen and oxygen atoms in total. The number of guanidine groups is 1. The Morgan fingerprint density at radius 3 is 2.54 bits per heavy atom. The lowest BCUT2D eigenvalue weighted by Gasteiger charge is -2.35. The number of nitrogens with two attached hydrogens (primary N) is 1. The quantitative estimate of drug-likeness (QED) is 0.378. The highest BCUT2D eigenvalue weighted by molar-refractivity contribution is 5.87. The molecule has 4 rings (SSSR count). The van der Waals surface area contributed by atoms with Gasteiger partial charge in [-0.1, -0.05) is 39.5 Å². The van der Waals surface area contributed by atoms with Crippen LogP contribution in [0.15, 0.2) is 23.2 Å². The fourth-order valence-electron chi connectivity index (χ4n) is 6.00. The molecule has 2 saturated carbocycles. The van der Waals surface area contributed by atoms with Crippen molar-refractivity contribution in [2.45, 2.75) is 96.7 Å². The van der Waals surface area contributed by atoms with E-state index in [1.165, 1.54) is 25.7 Å². The molecule has 37 heavy (non-hydrogen) atoms. The van der Waals surface area contributed by atoms with Gasteiger partial charge in [-0.3, -0.25) is 9.59 Å². The third-order valence-electron chi connectivity index (χ3n) is 8.32. The van der Waals surface area contributed by atoms with Gasteiger partial charge in [0, 0.05) is 31.6 Å². The summed E-state index contributed by atoms with van der Waals surface area (Å²) >= 11 is 0. The predicted molar refractivity (Wildman–Crippen MR) is 145 cm³/mol. The number of esters is 1. The lowest BCUT2D eigenvalue weighted by Crippen LogP contribution is -2.44. The summed E-state index contributed by atoms with van der Waals surface area (Å²) in [5, 5.41) is 0. The molecule has 8 heteroatoms. The van der Waals surface area contributed by atoms with E-state index in [2.05, 4.69) is 18.8 Å². The molecule has 1 aliphatic heterocycles. The third kappa shape index (κ3) is 7.17. The summed E-state index contributed by atoms with van der Waals surface area (Å²) in [6.07, 6.45) is 10.5. The van der Waals surface area contributed by atoms with Crippen molar-refractivity contribution < 1.29 is 19.1 Å². The average molecular weight is 513 g/mol. The lowest BCUT2D eigenvalue weighted by atomic mass is 9.80. The van der Waals surface area contributed by atoms with Gasteiger partial charge in [0.1, 0.15) is 18.4 Å². The number of aliphatic imine (C=N–C) groups is 1. The molecule has 2 N–H and O–H groups in total. The molecule has 2 fully saturated rings. The van der Waals surface area contributed by atoms with Gasteiger partial charge in [-0.2, -0.15) is 0 Å². The van der Waals surface area contributed by atoms with Gasteiger partial charge in [0.15, 0.2) is 5.96 Å². The monoisotopic (exact) mass is 512 g/mol. The maximum absolute atomic E-state index is 12.7. The summed E-state index contributed by atoms with van der Waals surface area (Å²) in [5.41, 5.74) is 7.91. The van der Waals surface area contributed by atoms with Gasteiger partial charge >= 0.3 is 5.97 Å². The number of rotatable bonds is 9. The van der Waals surface area contributed by atoms with Crippen molar-refractivity contribution in [3.63, 3.8) is 0 Å². The summed E-state index contributed by atoms with van der Waals surface area (Å²) in [6.45, 7) is 5.34. The molecule has 0 bridgehead atoms. The minimum atomic E-state index is -0.262. The Labute approximate surface area is 221 Å². The van der Waals surface area contributed by atoms with Crippen LogP contribution in [0.3, 0.4) is 0 Å². The number of carbonyl (C=O) groups is 2. The average Bonchev–Trinajstić information content (AvgIpc) is 2.89. The van der Waals surface area contributed by atoms with Gasteiger partial charge in [-0.15, -0.1) is 0 Å². The van der Waals surface area contributed by atoms with Crippen LogP contribution in [0, 0.1) is 11.8 Å². The first kappa shape index (κ1) is 27.3. The van der Waals surface area contributed by atoms with Crippen molar-refractivity contribution in [2.75, 3.05) is 20.2 Å². The van der Waals surface area contributed by atoms with Crippen molar-refractivity contribution in [1.29, 1.82) is 0 Å². The molecule has 3 aliphatic rings. The van der Waals surface area contributed by atoms with Gasteiger partial charge in [0.25, 0.3) is 0 Å². The van der Waals surface area contributed by atoms with Gasteiger partial charge in [-0.05, 0) is 62.1 Å². The third-order valence-corrected chi connectivity index (χ3v) is 8.32. The van der Waals surface area contributed by atoms with Crippen molar-refractivity contribution in [3.05, 3.63) is 23.8 Å². The Morgan fingerprint density at radius 2 is 1.81 bits per heavy atom. The first-order valence-electron chi connectivity index (χ1n) is 14.1. The molecule has 1 amide bonds. The molecule has 204 valence electrons. The highest BCUT2D eigenvalue weighted by Crippen LogP contribution is 2.32. The smallest absolute Gasteiger partial charge is 0.325 e. The van der Waals surface area contributed by atoms with E-state index in [0.29, 0.717) is 49.8 Å². The Balaban J connectivity index is 1.25. The van der Waals surface area contributed by atoms with Crippen LogP contribution in [-0.4, -0.2) is 60.0 Å². The summed E-state index contributed by atoms with van der Waals surface area (Å²) in [6, 6.07) is 6.11. The minimum absolute atomic E-state index is 0.0363. The molecule has 0 radical (unpaired) electrons. The zero-order chi connectivity index (χ0) is 26.4. The highest BCUT2D eigenvalue weighted by Gasteiger charge is 2.32. The fraction of sp³-hybridized carbons (Fsp3) is 0.690. The molecule has 2 aliphatic carbocycles. The number of hydrogen-bond donors (Lipinski definition) is 1. The van der Waals surface area contributed by atoms with E-state index in [1.54, 1.807) is 4.90 Å². The Morgan fingerprint density at radius 1 is 1.08 bits per heavy atom. The Hall–Kier alpha value is -2.77. The van der Waals surface area contributed by atoms with Gasteiger partial charge in [-0.25, -0.2) is 4.99 Å². The summed E-state index contributed by atoms with van der Waals surface area (Å²) in [5.74, 6) is 1.75. The topological polar surface area (TPSA) is 97.5 Å². The largest absolute Gasteiger partial charge is 0.494 e. The number of ether oxygens (including phenoxy) is 2. The van der Waals surface area contributed by atoms with Crippen molar-refractivity contribution in [2.24, 2.45) is 22.6 Å². The molecule has 0 saturated heterocycles. The Kier molecular flexibility index (Phi) is 9.33. The van der Waals surface area contributed by atoms with E-state index in [4.69, 9.17) is 15.2 Å². The second-order valence-corrected chi connectivity index (χ2v) is 11.2. The fourth-order valence-corrected chi connectivity index (χ4v) is 6.00. The molecule has 0 spiro atoms. The molecule has 1 heterocycles. The van der Waals surface area contributed by atoms with Crippen LogP contribution >= 0.6 is 0 Å². The van der Waals surface area contributed by atoms with Crippen LogP contribution < -0.4 is 10.5 Å². The van der Waals surface area contributed by atoms with E-state index in [1.807, 2.05) is 30.1 Å². The molecule has 2 unspecified atom stereocenters. The lowest BCUT2D eigenvalue weighted by molar-refractivity contribution is -0.157. The van der Waals surface area contributed by atoms with Crippen LogP contribution in [0.2, 0.25) is 0 Å². The SMILES string of the molecule is CC1CCCC(C)C1OC(=O)CN1Cc2cc(OCCCC(=O)N(C)C3CCCCC3)ccc2N=C1N. The van der Waals surface area contributed by atoms with Gasteiger partial charge < -0.3 is 25.0 Å². The second kappa shape index (κ2) is 12.7. The number of fused-ring (bicyclic) bond motifs is 1. The first-order chi connectivity index (χ1) is 17.8. The molecule has 2 atom stereocenters. The maximum Gasteiger partial charge on any atom is 0.325 e. The van der Waals surface area contributed by atoms with Crippen molar-refractivity contribution in [1.82, 2.24) is 9.80 Å². The number of amides is 1. The number of hydrogen-bond acceptors (Lipinski definition) is 7. The zero-order valence-electron chi connectivity index (χ0n) is 22.8. The number of benzene rings is 1. The molecular formula is C29H44N4O4. The summed E-state index contributed by atoms with van der Waals surface area (Å²) < 4.78 is 11.8. The molecule has 1 aromatic rings. The van der Waals surface area contributed by atoms with E-state index in [0.717, 1.165) is 42.7 Å². The Bertz CT molecular complexity index is 965. The second-order valence-electron chi connectivity index (χ2n) is 11.2. The van der Waals surface area contributed by atoms with Crippen LogP contribution in [0.4, 0.5) is 5.69 Å². The zero-order valence-corrected chi connectivity index (χ0v) is 22.8. The van der Waals surface area contributed by atoms with Crippen LogP contribution in [-0.2, 0) is 20.9 Å². The molecular weight excluding hydrogens is 468 g/mol. The minimum Gasteiger partial charge on any atom is -0.494 e. The maximum atomic E-state index is 12.7. The van der Waals surface area contributed by atoms with Crippen LogP contribution in [0.1, 0.15) is 83.6 Å². The van der Waals surface area contributed by atoms with Gasteiger partial charge in [0.2, 0.25) is 5.91 Å². The first-order valence-corrected chi connectivity index (χ1v) is 14.1.